The first kappa shape index (κ1) is 21.1. The molecule has 2 aromatic rings. The van der Waals surface area contributed by atoms with Gasteiger partial charge in [-0.15, -0.1) is 0 Å². The van der Waals surface area contributed by atoms with Gasteiger partial charge < -0.3 is 20.1 Å². The summed E-state index contributed by atoms with van der Waals surface area (Å²) >= 11 is 6.33. The molecule has 1 saturated heterocycles. The van der Waals surface area contributed by atoms with Gasteiger partial charge in [0.2, 0.25) is 0 Å². The maximum absolute atomic E-state index is 12.0. The van der Waals surface area contributed by atoms with Gasteiger partial charge in [-0.1, -0.05) is 17.7 Å². The third kappa shape index (κ3) is 6.19. The lowest BCUT2D eigenvalue weighted by Gasteiger charge is -2.34. The number of nitrogens with zero attached hydrogens (tertiary/aromatic N) is 1. The number of piperidine rings is 1. The second-order valence-corrected chi connectivity index (χ2v) is 8.58. The van der Waals surface area contributed by atoms with Crippen molar-refractivity contribution in [2.45, 2.75) is 45.3 Å². The van der Waals surface area contributed by atoms with Crippen molar-refractivity contribution in [3.63, 3.8) is 0 Å². The third-order valence-electron chi connectivity index (χ3n) is 4.54. The predicted molar refractivity (Wildman–Crippen MR) is 118 cm³/mol. The van der Waals surface area contributed by atoms with Crippen molar-refractivity contribution in [2.24, 2.45) is 0 Å². The van der Waals surface area contributed by atoms with E-state index >= 15 is 0 Å². The molecule has 0 aliphatic carbocycles. The monoisotopic (exact) mass is 417 g/mol. The largest absolute Gasteiger partial charge is 0.490 e. The minimum Gasteiger partial charge on any atom is -0.490 e. The molecule has 7 heteroatoms. The van der Waals surface area contributed by atoms with E-state index in [4.69, 9.17) is 26.8 Å². The molecule has 3 N–H and O–H groups in total. The molecular formula is C22H28ClN3O3. The lowest BCUT2D eigenvalue weighted by atomic mass is 10.1. The van der Waals surface area contributed by atoms with Crippen LogP contribution in [0.15, 0.2) is 42.5 Å². The van der Waals surface area contributed by atoms with Crippen molar-refractivity contribution in [1.29, 1.82) is 0 Å². The lowest BCUT2D eigenvalue weighted by Crippen LogP contribution is -2.38. The van der Waals surface area contributed by atoms with Crippen LogP contribution < -0.4 is 20.7 Å². The summed E-state index contributed by atoms with van der Waals surface area (Å²) in [4.78, 5) is 14.2. The molecule has 0 saturated carbocycles. The summed E-state index contributed by atoms with van der Waals surface area (Å²) < 4.78 is 11.4. The quantitative estimate of drug-likeness (QED) is 0.658. The molecule has 29 heavy (non-hydrogen) atoms. The highest BCUT2D eigenvalue weighted by molar-refractivity contribution is 6.33. The highest BCUT2D eigenvalue weighted by Gasteiger charge is 2.22. The van der Waals surface area contributed by atoms with Crippen LogP contribution >= 0.6 is 11.6 Å². The first-order valence-electron chi connectivity index (χ1n) is 9.76. The molecular weight excluding hydrogens is 390 g/mol. The van der Waals surface area contributed by atoms with Crippen LogP contribution in [0.2, 0.25) is 5.02 Å². The van der Waals surface area contributed by atoms with Gasteiger partial charge in [-0.25, -0.2) is 4.79 Å². The summed E-state index contributed by atoms with van der Waals surface area (Å²) in [6, 6.07) is 13.0. The zero-order valence-electron chi connectivity index (χ0n) is 17.1. The van der Waals surface area contributed by atoms with E-state index in [9.17, 15) is 4.79 Å². The number of nitrogens with one attached hydrogen (secondary N) is 1. The first-order valence-corrected chi connectivity index (χ1v) is 10.1. The Morgan fingerprint density at radius 1 is 1.17 bits per heavy atom. The van der Waals surface area contributed by atoms with Gasteiger partial charge in [-0.3, -0.25) is 5.32 Å². The molecule has 3 rings (SSSR count). The van der Waals surface area contributed by atoms with Crippen molar-refractivity contribution < 1.29 is 14.3 Å². The second-order valence-electron chi connectivity index (χ2n) is 8.17. The van der Waals surface area contributed by atoms with Crippen LogP contribution in [-0.4, -0.2) is 30.9 Å². The molecule has 1 amide bonds. The van der Waals surface area contributed by atoms with Gasteiger partial charge in [-0.05, 0) is 51.1 Å². The Balaban J connectivity index is 1.54. The second kappa shape index (κ2) is 8.82. The highest BCUT2D eigenvalue weighted by Crippen LogP contribution is 2.31. The SMILES string of the molecule is CC(C)(C)OC(=O)Nc1cccc(OC2CCN(c3ccc(N)cc3Cl)CC2)c1. The molecule has 0 atom stereocenters. The van der Waals surface area contributed by atoms with Crippen LogP contribution in [0.5, 0.6) is 5.75 Å². The first-order chi connectivity index (χ1) is 13.7. The smallest absolute Gasteiger partial charge is 0.412 e. The lowest BCUT2D eigenvalue weighted by molar-refractivity contribution is 0.0636. The van der Waals surface area contributed by atoms with Gasteiger partial charge in [0.1, 0.15) is 17.5 Å². The number of carbonyl (C=O) groups is 1. The number of halogens is 1. The van der Waals surface area contributed by atoms with E-state index in [0.717, 1.165) is 37.4 Å². The molecule has 0 spiro atoms. The van der Waals surface area contributed by atoms with Gasteiger partial charge in [0.05, 0.1) is 10.7 Å². The maximum Gasteiger partial charge on any atom is 0.412 e. The number of rotatable bonds is 4. The van der Waals surface area contributed by atoms with Gasteiger partial charge >= 0.3 is 6.09 Å². The molecule has 2 aromatic carbocycles. The number of nitrogen functional groups attached to an aromatic ring is 1. The van der Waals surface area contributed by atoms with Gasteiger partial charge in [0.15, 0.2) is 0 Å². The fourth-order valence-corrected chi connectivity index (χ4v) is 3.56. The summed E-state index contributed by atoms with van der Waals surface area (Å²) in [6.07, 6.45) is 1.38. The van der Waals surface area contributed by atoms with Crippen LogP contribution in [0.25, 0.3) is 0 Å². The Labute approximate surface area is 176 Å². The highest BCUT2D eigenvalue weighted by atomic mass is 35.5. The average molecular weight is 418 g/mol. The van der Waals surface area contributed by atoms with E-state index in [1.165, 1.54) is 0 Å². The predicted octanol–water partition coefficient (Wildman–Crippen LogP) is 5.32. The summed E-state index contributed by atoms with van der Waals surface area (Å²) in [5.74, 6) is 0.725. The van der Waals surface area contributed by atoms with Crippen LogP contribution in [-0.2, 0) is 4.74 Å². The van der Waals surface area contributed by atoms with Crippen LogP contribution in [0.3, 0.4) is 0 Å². The van der Waals surface area contributed by atoms with E-state index in [-0.39, 0.29) is 6.10 Å². The van der Waals surface area contributed by atoms with Crippen LogP contribution in [0.4, 0.5) is 21.9 Å². The summed E-state index contributed by atoms with van der Waals surface area (Å²) in [5, 5.41) is 3.41. The fourth-order valence-electron chi connectivity index (χ4n) is 3.26. The molecule has 0 aromatic heterocycles. The number of carbonyl (C=O) groups excluding carboxylic acids is 1. The number of amides is 1. The third-order valence-corrected chi connectivity index (χ3v) is 4.84. The van der Waals surface area contributed by atoms with Crippen LogP contribution in [0.1, 0.15) is 33.6 Å². The Morgan fingerprint density at radius 2 is 1.90 bits per heavy atom. The fraction of sp³-hybridized carbons (Fsp3) is 0.409. The Hall–Kier alpha value is -2.60. The normalized spacial score (nSPS) is 15.1. The van der Waals surface area contributed by atoms with Gasteiger partial charge in [-0.2, -0.15) is 0 Å². The molecule has 1 aliphatic heterocycles. The van der Waals surface area contributed by atoms with Crippen LogP contribution in [0, 0.1) is 0 Å². The molecule has 1 fully saturated rings. The van der Waals surface area contributed by atoms with E-state index in [0.29, 0.717) is 16.4 Å². The van der Waals surface area contributed by atoms with E-state index in [1.807, 2.05) is 57.2 Å². The Kier molecular flexibility index (Phi) is 6.42. The zero-order chi connectivity index (χ0) is 21.0. The summed E-state index contributed by atoms with van der Waals surface area (Å²) in [5.41, 5.74) is 7.55. The number of benzene rings is 2. The van der Waals surface area contributed by atoms with Crippen molar-refractivity contribution >= 4 is 34.8 Å². The van der Waals surface area contributed by atoms with Gasteiger partial charge in [0, 0.05) is 43.4 Å². The number of nitrogens with two attached hydrogens (primary N) is 1. The molecule has 0 unspecified atom stereocenters. The minimum atomic E-state index is -0.542. The molecule has 156 valence electrons. The van der Waals surface area contributed by atoms with Crippen molar-refractivity contribution in [3.8, 4) is 5.75 Å². The minimum absolute atomic E-state index is 0.107. The number of ether oxygens (including phenoxy) is 2. The Morgan fingerprint density at radius 3 is 2.55 bits per heavy atom. The van der Waals surface area contributed by atoms with E-state index in [1.54, 1.807) is 6.07 Å². The standard InChI is InChI=1S/C22H28ClN3O3/c1-22(2,3)29-21(27)25-16-5-4-6-18(14-16)28-17-9-11-26(12-10-17)20-8-7-15(24)13-19(20)23/h4-8,13-14,17H,9-12,24H2,1-3H3,(H,25,27). The van der Waals surface area contributed by atoms with E-state index in [2.05, 4.69) is 10.2 Å². The maximum atomic E-state index is 12.0. The number of anilines is 3. The number of hydrogen-bond donors (Lipinski definition) is 2. The summed E-state index contributed by atoms with van der Waals surface area (Å²) in [7, 11) is 0. The molecule has 1 aliphatic rings. The van der Waals surface area contributed by atoms with Crippen molar-refractivity contribution in [3.05, 3.63) is 47.5 Å². The van der Waals surface area contributed by atoms with Crippen molar-refractivity contribution in [1.82, 2.24) is 0 Å². The molecule has 0 radical (unpaired) electrons. The Bertz CT molecular complexity index is 859. The van der Waals surface area contributed by atoms with E-state index < -0.39 is 11.7 Å². The number of hydrogen-bond acceptors (Lipinski definition) is 5. The van der Waals surface area contributed by atoms with Crippen molar-refractivity contribution in [2.75, 3.05) is 29.0 Å². The van der Waals surface area contributed by atoms with Gasteiger partial charge in [0.25, 0.3) is 0 Å². The molecule has 6 nitrogen and oxygen atoms in total. The molecule has 1 heterocycles. The summed E-state index contributed by atoms with van der Waals surface area (Å²) in [6.45, 7) is 7.19. The topological polar surface area (TPSA) is 76.8 Å². The molecule has 0 bridgehead atoms. The average Bonchev–Trinajstić information content (AvgIpc) is 2.61. The zero-order valence-corrected chi connectivity index (χ0v) is 17.8.